The van der Waals surface area contributed by atoms with E-state index in [4.69, 9.17) is 9.40 Å². The molecule has 0 fully saturated rings. The van der Waals surface area contributed by atoms with Crippen LogP contribution >= 0.6 is 23.1 Å². The van der Waals surface area contributed by atoms with Gasteiger partial charge in [0.25, 0.3) is 5.22 Å². The van der Waals surface area contributed by atoms with Crippen LogP contribution in [-0.4, -0.2) is 15.2 Å². The summed E-state index contributed by atoms with van der Waals surface area (Å²) in [7, 11) is 0. The predicted molar refractivity (Wildman–Crippen MR) is 105 cm³/mol. The van der Waals surface area contributed by atoms with Crippen LogP contribution in [0.1, 0.15) is 21.8 Å². The minimum absolute atomic E-state index is 0.555. The molecule has 6 heteroatoms. The van der Waals surface area contributed by atoms with Crippen molar-refractivity contribution < 1.29 is 4.42 Å². The Bertz CT molecular complexity index is 995. The molecule has 0 aliphatic carbocycles. The van der Waals surface area contributed by atoms with Crippen molar-refractivity contribution >= 4 is 23.1 Å². The van der Waals surface area contributed by atoms with E-state index in [-0.39, 0.29) is 0 Å². The topological polar surface area (TPSA) is 51.8 Å². The number of nitrogens with zero attached hydrogens (tertiary/aromatic N) is 3. The van der Waals surface area contributed by atoms with E-state index >= 15 is 0 Å². The summed E-state index contributed by atoms with van der Waals surface area (Å²) in [6.07, 6.45) is 0.869. The van der Waals surface area contributed by atoms with Crippen molar-refractivity contribution in [2.24, 2.45) is 0 Å². The van der Waals surface area contributed by atoms with Gasteiger partial charge in [-0.1, -0.05) is 59.8 Å². The summed E-state index contributed by atoms with van der Waals surface area (Å²) in [5.74, 6) is 1.28. The zero-order chi connectivity index (χ0) is 17.8. The zero-order valence-corrected chi connectivity index (χ0v) is 15.9. The van der Waals surface area contributed by atoms with Crippen LogP contribution in [0.3, 0.4) is 0 Å². The van der Waals surface area contributed by atoms with E-state index in [0.29, 0.717) is 11.1 Å². The SMILES string of the molecule is Cc1cccc(-c2nnc(SCc3csc(Cc4ccccc4)n3)o2)c1. The Labute approximate surface area is 160 Å². The van der Waals surface area contributed by atoms with Gasteiger partial charge < -0.3 is 4.42 Å². The van der Waals surface area contributed by atoms with Gasteiger partial charge in [-0.05, 0) is 24.6 Å². The Morgan fingerprint density at radius 1 is 1.04 bits per heavy atom. The molecule has 0 saturated carbocycles. The van der Waals surface area contributed by atoms with Crippen LogP contribution < -0.4 is 0 Å². The monoisotopic (exact) mass is 379 g/mol. The number of aromatic nitrogens is 3. The Balaban J connectivity index is 1.38. The van der Waals surface area contributed by atoms with Gasteiger partial charge in [-0.15, -0.1) is 21.5 Å². The predicted octanol–water partition coefficient (Wildman–Crippen LogP) is 5.38. The molecular weight excluding hydrogens is 362 g/mol. The Kier molecular flexibility index (Phi) is 5.13. The average molecular weight is 380 g/mol. The van der Waals surface area contributed by atoms with E-state index in [9.17, 15) is 0 Å². The second kappa shape index (κ2) is 7.85. The van der Waals surface area contributed by atoms with Gasteiger partial charge in [-0.25, -0.2) is 4.98 Å². The van der Waals surface area contributed by atoms with Crippen LogP contribution in [0.5, 0.6) is 0 Å². The molecule has 4 nitrogen and oxygen atoms in total. The van der Waals surface area contributed by atoms with E-state index < -0.39 is 0 Å². The largest absolute Gasteiger partial charge is 0.411 e. The molecule has 2 heterocycles. The van der Waals surface area contributed by atoms with E-state index in [1.807, 2.05) is 37.3 Å². The van der Waals surface area contributed by atoms with Gasteiger partial charge in [-0.3, -0.25) is 0 Å². The number of benzene rings is 2. The summed E-state index contributed by atoms with van der Waals surface area (Å²) in [4.78, 5) is 4.70. The van der Waals surface area contributed by atoms with E-state index in [2.05, 4.69) is 39.8 Å². The molecule has 0 aliphatic heterocycles. The van der Waals surface area contributed by atoms with Crippen molar-refractivity contribution in [3.05, 3.63) is 81.8 Å². The third-order valence-corrected chi connectivity index (χ3v) is 5.56. The smallest absolute Gasteiger partial charge is 0.277 e. The van der Waals surface area contributed by atoms with Gasteiger partial charge in [0.05, 0.1) is 10.7 Å². The highest BCUT2D eigenvalue weighted by atomic mass is 32.2. The quantitative estimate of drug-likeness (QED) is 0.421. The van der Waals surface area contributed by atoms with Crippen LogP contribution in [0.25, 0.3) is 11.5 Å². The highest BCUT2D eigenvalue weighted by Crippen LogP contribution is 2.27. The zero-order valence-electron chi connectivity index (χ0n) is 14.3. The normalized spacial score (nSPS) is 11.0. The first-order chi connectivity index (χ1) is 12.8. The molecule has 130 valence electrons. The molecule has 0 bridgehead atoms. The third-order valence-electron chi connectivity index (χ3n) is 3.81. The van der Waals surface area contributed by atoms with E-state index in [1.54, 1.807) is 11.3 Å². The molecule has 26 heavy (non-hydrogen) atoms. The highest BCUT2D eigenvalue weighted by molar-refractivity contribution is 7.98. The maximum atomic E-state index is 5.77. The minimum atomic E-state index is 0.555. The maximum absolute atomic E-state index is 5.77. The lowest BCUT2D eigenvalue weighted by molar-refractivity contribution is 0.466. The fraction of sp³-hybridized carbons (Fsp3) is 0.150. The first-order valence-corrected chi connectivity index (χ1v) is 10.1. The number of hydrogen-bond donors (Lipinski definition) is 0. The lowest BCUT2D eigenvalue weighted by Gasteiger charge is -1.97. The van der Waals surface area contributed by atoms with Gasteiger partial charge in [-0.2, -0.15) is 0 Å². The molecular formula is C20H17N3OS2. The van der Waals surface area contributed by atoms with Crippen LogP contribution in [-0.2, 0) is 12.2 Å². The van der Waals surface area contributed by atoms with E-state index in [0.717, 1.165) is 28.4 Å². The van der Waals surface area contributed by atoms with Crippen molar-refractivity contribution in [1.29, 1.82) is 0 Å². The molecule has 4 aromatic rings. The molecule has 0 N–H and O–H groups in total. The molecule has 0 atom stereocenters. The number of aryl methyl sites for hydroxylation is 1. The summed E-state index contributed by atoms with van der Waals surface area (Å²) in [6.45, 7) is 2.05. The molecule has 0 spiro atoms. The maximum Gasteiger partial charge on any atom is 0.277 e. The molecule has 0 unspecified atom stereocenters. The van der Waals surface area contributed by atoms with Crippen molar-refractivity contribution in [2.45, 2.75) is 24.3 Å². The van der Waals surface area contributed by atoms with Crippen molar-refractivity contribution in [1.82, 2.24) is 15.2 Å². The first-order valence-electron chi connectivity index (χ1n) is 8.27. The Morgan fingerprint density at radius 2 is 1.92 bits per heavy atom. The summed E-state index contributed by atoms with van der Waals surface area (Å²) in [5, 5.41) is 12.1. The lowest BCUT2D eigenvalue weighted by atomic mass is 10.1. The van der Waals surface area contributed by atoms with Crippen LogP contribution in [0, 0.1) is 6.92 Å². The number of thiazole rings is 1. The second-order valence-electron chi connectivity index (χ2n) is 5.93. The Hall–Kier alpha value is -2.44. The molecule has 2 aromatic heterocycles. The molecule has 4 rings (SSSR count). The fourth-order valence-electron chi connectivity index (χ4n) is 2.57. The molecule has 0 radical (unpaired) electrons. The minimum Gasteiger partial charge on any atom is -0.411 e. The average Bonchev–Trinajstić information content (AvgIpc) is 3.30. The van der Waals surface area contributed by atoms with Crippen molar-refractivity contribution in [3.63, 3.8) is 0 Å². The summed E-state index contributed by atoms with van der Waals surface area (Å²) < 4.78 is 5.77. The lowest BCUT2D eigenvalue weighted by Crippen LogP contribution is -1.88. The van der Waals surface area contributed by atoms with Gasteiger partial charge in [0.1, 0.15) is 0 Å². The summed E-state index contributed by atoms with van der Waals surface area (Å²) >= 11 is 3.21. The molecule has 0 amide bonds. The standard InChI is InChI=1S/C20H17N3OS2/c1-14-6-5-9-16(10-14)19-22-23-20(24-19)26-13-17-12-25-18(21-17)11-15-7-3-2-4-8-15/h2-10,12H,11,13H2,1H3. The number of thioether (sulfide) groups is 1. The number of rotatable bonds is 6. The van der Waals surface area contributed by atoms with Crippen LogP contribution in [0.2, 0.25) is 0 Å². The van der Waals surface area contributed by atoms with Gasteiger partial charge in [0, 0.05) is 23.1 Å². The molecule has 0 aliphatic rings. The van der Waals surface area contributed by atoms with Crippen LogP contribution in [0.4, 0.5) is 0 Å². The van der Waals surface area contributed by atoms with Crippen LogP contribution in [0.15, 0.2) is 69.6 Å². The van der Waals surface area contributed by atoms with Crippen molar-refractivity contribution in [3.8, 4) is 11.5 Å². The van der Waals surface area contributed by atoms with Gasteiger partial charge in [0.2, 0.25) is 5.89 Å². The van der Waals surface area contributed by atoms with E-state index in [1.165, 1.54) is 22.9 Å². The molecule has 0 saturated heterocycles. The van der Waals surface area contributed by atoms with Crippen molar-refractivity contribution in [2.75, 3.05) is 0 Å². The second-order valence-corrected chi connectivity index (χ2v) is 7.80. The summed E-state index contributed by atoms with van der Waals surface area (Å²) in [6, 6.07) is 18.5. The third kappa shape index (κ3) is 4.20. The fourth-order valence-corrected chi connectivity index (χ4v) is 4.15. The first kappa shape index (κ1) is 17.0. The van der Waals surface area contributed by atoms with Gasteiger partial charge >= 0.3 is 0 Å². The highest BCUT2D eigenvalue weighted by Gasteiger charge is 2.11. The molecule has 2 aromatic carbocycles. The summed E-state index contributed by atoms with van der Waals surface area (Å²) in [5.41, 5.74) is 4.44. The Morgan fingerprint density at radius 3 is 2.77 bits per heavy atom. The number of hydrogen-bond acceptors (Lipinski definition) is 6. The van der Waals surface area contributed by atoms with Gasteiger partial charge in [0.15, 0.2) is 0 Å².